The standard InChI is InChI=1S/C14H23NO3.ClH/c1-6-9(2)13(15)10-7-11(16-3)14(18-5)12(8-10)17-4;/h7-9,13H,6,15H2,1-5H3;1H/t9?,13-;/m1./s1. The third-order valence-electron chi connectivity index (χ3n) is 3.33. The van der Waals surface area contributed by atoms with E-state index in [1.807, 2.05) is 12.1 Å². The third kappa shape index (κ3) is 3.91. The van der Waals surface area contributed by atoms with Crippen LogP contribution in [0.4, 0.5) is 0 Å². The van der Waals surface area contributed by atoms with Crippen LogP contribution in [0.3, 0.4) is 0 Å². The second kappa shape index (κ2) is 8.12. The van der Waals surface area contributed by atoms with Crippen LogP contribution < -0.4 is 19.9 Å². The first kappa shape index (κ1) is 17.9. The van der Waals surface area contributed by atoms with E-state index in [0.29, 0.717) is 23.2 Å². The summed E-state index contributed by atoms with van der Waals surface area (Å²) in [5.74, 6) is 2.28. The molecular weight excluding hydrogens is 266 g/mol. The minimum atomic E-state index is -0.0382. The van der Waals surface area contributed by atoms with Gasteiger partial charge in [-0.05, 0) is 23.6 Å². The van der Waals surface area contributed by atoms with Gasteiger partial charge in [0, 0.05) is 6.04 Å². The molecule has 1 rings (SSSR count). The van der Waals surface area contributed by atoms with Crippen LogP contribution in [-0.4, -0.2) is 21.3 Å². The molecule has 0 aliphatic carbocycles. The molecule has 1 unspecified atom stereocenters. The summed E-state index contributed by atoms with van der Waals surface area (Å²) in [5, 5.41) is 0. The van der Waals surface area contributed by atoms with Crippen LogP contribution in [0.15, 0.2) is 12.1 Å². The topological polar surface area (TPSA) is 53.7 Å². The zero-order chi connectivity index (χ0) is 13.7. The molecule has 5 heteroatoms. The SMILES string of the molecule is CCC(C)[C@@H](N)c1cc(OC)c(OC)c(OC)c1.Cl. The molecule has 4 nitrogen and oxygen atoms in total. The fraction of sp³-hybridized carbons (Fsp3) is 0.571. The van der Waals surface area contributed by atoms with Crippen molar-refractivity contribution in [3.63, 3.8) is 0 Å². The summed E-state index contributed by atoms with van der Waals surface area (Å²) in [6.07, 6.45) is 1.03. The minimum Gasteiger partial charge on any atom is -0.493 e. The summed E-state index contributed by atoms with van der Waals surface area (Å²) in [5.41, 5.74) is 7.23. The molecule has 0 spiro atoms. The Morgan fingerprint density at radius 1 is 1.05 bits per heavy atom. The Balaban J connectivity index is 0.00000324. The van der Waals surface area contributed by atoms with Gasteiger partial charge >= 0.3 is 0 Å². The van der Waals surface area contributed by atoms with Gasteiger partial charge in [-0.1, -0.05) is 20.3 Å². The van der Waals surface area contributed by atoms with Crippen LogP contribution in [0, 0.1) is 5.92 Å². The van der Waals surface area contributed by atoms with Crippen LogP contribution >= 0.6 is 12.4 Å². The van der Waals surface area contributed by atoms with Gasteiger partial charge in [0.2, 0.25) is 5.75 Å². The first-order valence-corrected chi connectivity index (χ1v) is 6.14. The molecule has 0 fully saturated rings. The first-order valence-electron chi connectivity index (χ1n) is 6.14. The maximum Gasteiger partial charge on any atom is 0.203 e. The summed E-state index contributed by atoms with van der Waals surface area (Å²) >= 11 is 0. The predicted molar refractivity (Wildman–Crippen MR) is 79.7 cm³/mol. The van der Waals surface area contributed by atoms with E-state index in [1.54, 1.807) is 21.3 Å². The van der Waals surface area contributed by atoms with Gasteiger partial charge < -0.3 is 19.9 Å². The van der Waals surface area contributed by atoms with E-state index >= 15 is 0 Å². The molecule has 0 saturated heterocycles. The zero-order valence-electron chi connectivity index (χ0n) is 12.2. The van der Waals surface area contributed by atoms with Crippen LogP contribution in [0.1, 0.15) is 31.9 Å². The van der Waals surface area contributed by atoms with E-state index in [1.165, 1.54) is 0 Å². The molecule has 0 amide bonds. The van der Waals surface area contributed by atoms with Crippen LogP contribution in [0.5, 0.6) is 17.2 Å². The minimum absolute atomic E-state index is 0. The summed E-state index contributed by atoms with van der Waals surface area (Å²) < 4.78 is 15.9. The van der Waals surface area contributed by atoms with Crippen molar-refractivity contribution in [2.75, 3.05) is 21.3 Å². The first-order chi connectivity index (χ1) is 8.58. The van der Waals surface area contributed by atoms with E-state index in [-0.39, 0.29) is 18.4 Å². The van der Waals surface area contributed by atoms with Gasteiger partial charge in [0.25, 0.3) is 0 Å². The second-order valence-electron chi connectivity index (χ2n) is 4.37. The molecular formula is C14H24ClNO3. The Kier molecular flexibility index (Phi) is 7.64. The van der Waals surface area contributed by atoms with E-state index in [9.17, 15) is 0 Å². The average molecular weight is 290 g/mol. The normalized spacial score (nSPS) is 13.2. The van der Waals surface area contributed by atoms with Gasteiger partial charge in [-0.3, -0.25) is 0 Å². The molecule has 1 aromatic rings. The van der Waals surface area contributed by atoms with Crippen LogP contribution in [0.25, 0.3) is 0 Å². The monoisotopic (exact) mass is 289 g/mol. The molecule has 0 aliphatic rings. The van der Waals surface area contributed by atoms with Crippen molar-refractivity contribution >= 4 is 12.4 Å². The third-order valence-corrected chi connectivity index (χ3v) is 3.33. The van der Waals surface area contributed by atoms with Crippen molar-refractivity contribution in [3.05, 3.63) is 17.7 Å². The Morgan fingerprint density at radius 2 is 1.53 bits per heavy atom. The Bertz CT molecular complexity index is 373. The van der Waals surface area contributed by atoms with Crippen molar-refractivity contribution in [1.29, 1.82) is 0 Å². The fourth-order valence-electron chi connectivity index (χ4n) is 1.88. The highest BCUT2D eigenvalue weighted by Gasteiger charge is 2.19. The van der Waals surface area contributed by atoms with Gasteiger partial charge in [-0.2, -0.15) is 0 Å². The average Bonchev–Trinajstić information content (AvgIpc) is 2.43. The lowest BCUT2D eigenvalue weighted by molar-refractivity contribution is 0.322. The summed E-state index contributed by atoms with van der Waals surface area (Å²) in [6.45, 7) is 4.26. The molecule has 0 bridgehead atoms. The Hall–Kier alpha value is -1.13. The lowest BCUT2D eigenvalue weighted by Gasteiger charge is -2.21. The Labute approximate surface area is 121 Å². The second-order valence-corrected chi connectivity index (χ2v) is 4.37. The molecule has 2 N–H and O–H groups in total. The predicted octanol–water partition coefficient (Wildman–Crippen LogP) is 3.18. The summed E-state index contributed by atoms with van der Waals surface area (Å²) in [7, 11) is 4.81. The van der Waals surface area contributed by atoms with Gasteiger partial charge in [0.05, 0.1) is 21.3 Å². The van der Waals surface area contributed by atoms with Gasteiger partial charge in [0.1, 0.15) is 0 Å². The van der Waals surface area contributed by atoms with Crippen molar-refractivity contribution in [2.45, 2.75) is 26.3 Å². The van der Waals surface area contributed by atoms with E-state index < -0.39 is 0 Å². The summed E-state index contributed by atoms with van der Waals surface area (Å²) in [4.78, 5) is 0. The van der Waals surface area contributed by atoms with Gasteiger partial charge in [-0.25, -0.2) is 0 Å². The molecule has 0 aromatic heterocycles. The number of ether oxygens (including phenoxy) is 3. The number of benzene rings is 1. The molecule has 0 radical (unpaired) electrons. The molecule has 0 saturated carbocycles. The van der Waals surface area contributed by atoms with E-state index in [2.05, 4.69) is 13.8 Å². The maximum atomic E-state index is 6.24. The smallest absolute Gasteiger partial charge is 0.203 e. The quantitative estimate of drug-likeness (QED) is 0.874. The molecule has 1 aromatic carbocycles. The van der Waals surface area contributed by atoms with E-state index in [0.717, 1.165) is 12.0 Å². The zero-order valence-corrected chi connectivity index (χ0v) is 13.0. The summed E-state index contributed by atoms with van der Waals surface area (Å²) in [6, 6.07) is 3.79. The highest BCUT2D eigenvalue weighted by atomic mass is 35.5. The number of nitrogens with two attached hydrogens (primary N) is 1. The van der Waals surface area contributed by atoms with Crippen molar-refractivity contribution in [3.8, 4) is 17.2 Å². The van der Waals surface area contributed by atoms with Crippen LogP contribution in [-0.2, 0) is 0 Å². The van der Waals surface area contributed by atoms with Gasteiger partial charge in [0.15, 0.2) is 11.5 Å². The molecule has 0 heterocycles. The molecule has 2 atom stereocenters. The number of halogens is 1. The van der Waals surface area contributed by atoms with E-state index in [4.69, 9.17) is 19.9 Å². The fourth-order valence-corrected chi connectivity index (χ4v) is 1.88. The Morgan fingerprint density at radius 3 is 1.84 bits per heavy atom. The van der Waals surface area contributed by atoms with Crippen molar-refractivity contribution < 1.29 is 14.2 Å². The van der Waals surface area contributed by atoms with Crippen LogP contribution in [0.2, 0.25) is 0 Å². The largest absolute Gasteiger partial charge is 0.493 e. The number of hydrogen-bond donors (Lipinski definition) is 1. The molecule has 0 aliphatic heterocycles. The molecule has 110 valence electrons. The van der Waals surface area contributed by atoms with Crippen molar-refractivity contribution in [2.24, 2.45) is 11.7 Å². The highest BCUT2D eigenvalue weighted by Crippen LogP contribution is 2.40. The number of rotatable bonds is 6. The lowest BCUT2D eigenvalue weighted by Crippen LogP contribution is -2.18. The van der Waals surface area contributed by atoms with Crippen molar-refractivity contribution in [1.82, 2.24) is 0 Å². The maximum absolute atomic E-state index is 6.24. The lowest BCUT2D eigenvalue weighted by atomic mass is 9.93. The van der Waals surface area contributed by atoms with Gasteiger partial charge in [-0.15, -0.1) is 12.4 Å². The molecule has 19 heavy (non-hydrogen) atoms. The number of hydrogen-bond acceptors (Lipinski definition) is 4. The highest BCUT2D eigenvalue weighted by molar-refractivity contribution is 5.85. The number of methoxy groups -OCH3 is 3.